The van der Waals surface area contributed by atoms with Gasteiger partial charge in [-0.1, -0.05) is 74.4 Å². The van der Waals surface area contributed by atoms with Gasteiger partial charge >= 0.3 is 5.97 Å². The molecule has 2 aromatic rings. The average Bonchev–Trinajstić information content (AvgIpc) is 2.76. The van der Waals surface area contributed by atoms with E-state index in [1.165, 1.54) is 5.56 Å². The first kappa shape index (κ1) is 25.4. The fourth-order valence-corrected chi connectivity index (χ4v) is 4.76. The number of nitrogens with two attached hydrogens (primary N) is 2. The van der Waals surface area contributed by atoms with Gasteiger partial charge in [0, 0.05) is 18.3 Å². The molecule has 5 unspecified atom stereocenters. The Morgan fingerprint density at radius 2 is 1.82 bits per heavy atom. The van der Waals surface area contributed by atoms with Gasteiger partial charge in [0.25, 0.3) is 0 Å². The molecule has 0 saturated heterocycles. The van der Waals surface area contributed by atoms with Crippen LogP contribution >= 0.6 is 0 Å². The maximum atomic E-state index is 11.4. The highest BCUT2D eigenvalue weighted by Crippen LogP contribution is 2.41. The van der Waals surface area contributed by atoms with E-state index < -0.39 is 24.0 Å². The number of aliphatic carboxylic acids is 1. The van der Waals surface area contributed by atoms with Gasteiger partial charge in [0.2, 0.25) is 0 Å². The van der Waals surface area contributed by atoms with Crippen LogP contribution in [0.2, 0.25) is 0 Å². The minimum atomic E-state index is -1.28. The number of rotatable bonds is 10. The summed E-state index contributed by atoms with van der Waals surface area (Å²) in [4.78, 5) is 11.4. The van der Waals surface area contributed by atoms with Crippen molar-refractivity contribution in [3.8, 4) is 0 Å². The van der Waals surface area contributed by atoms with Gasteiger partial charge in [-0.25, -0.2) is 0 Å². The molecule has 0 bridgehead atoms. The zero-order valence-electron chi connectivity index (χ0n) is 20.0. The normalized spacial score (nSPS) is 24.6. The van der Waals surface area contributed by atoms with E-state index in [9.17, 15) is 9.90 Å². The highest BCUT2D eigenvalue weighted by atomic mass is 16.7. The lowest BCUT2D eigenvalue weighted by Crippen LogP contribution is -2.46. The molecule has 0 amide bonds. The molecule has 33 heavy (non-hydrogen) atoms. The second kappa shape index (κ2) is 10.8. The maximum Gasteiger partial charge on any atom is 0.323 e. The average molecular weight is 455 g/mol. The van der Waals surface area contributed by atoms with Gasteiger partial charge < -0.3 is 26.0 Å². The van der Waals surface area contributed by atoms with Crippen molar-refractivity contribution >= 4 is 5.97 Å². The fourth-order valence-electron chi connectivity index (χ4n) is 4.76. The van der Waals surface area contributed by atoms with Crippen LogP contribution in [-0.2, 0) is 32.5 Å². The van der Waals surface area contributed by atoms with Crippen molar-refractivity contribution in [3.63, 3.8) is 0 Å². The molecule has 0 aromatic heterocycles. The first-order valence-corrected chi connectivity index (χ1v) is 11.8. The van der Waals surface area contributed by atoms with Crippen molar-refractivity contribution in [2.75, 3.05) is 0 Å². The summed E-state index contributed by atoms with van der Waals surface area (Å²) < 4.78 is 12.4. The smallest absolute Gasteiger partial charge is 0.323 e. The lowest BCUT2D eigenvalue weighted by molar-refractivity contribution is -0.202. The van der Waals surface area contributed by atoms with E-state index in [1.54, 1.807) is 6.92 Å². The quantitative estimate of drug-likeness (QED) is 0.466. The van der Waals surface area contributed by atoms with Gasteiger partial charge in [-0.15, -0.1) is 0 Å². The lowest BCUT2D eigenvalue weighted by Gasteiger charge is -2.43. The van der Waals surface area contributed by atoms with Crippen LogP contribution in [0.4, 0.5) is 0 Å². The van der Waals surface area contributed by atoms with Crippen molar-refractivity contribution in [2.45, 2.75) is 88.9 Å². The van der Waals surface area contributed by atoms with Gasteiger partial charge in [0.1, 0.15) is 11.8 Å². The minimum absolute atomic E-state index is 0.00909. The van der Waals surface area contributed by atoms with E-state index >= 15 is 0 Å². The Bertz CT molecular complexity index is 900. The predicted molar refractivity (Wildman–Crippen MR) is 130 cm³/mol. The molecule has 2 aromatic carbocycles. The summed E-state index contributed by atoms with van der Waals surface area (Å²) in [5, 5.41) is 9.30. The predicted octanol–water partition coefficient (Wildman–Crippen LogP) is 4.14. The molecule has 180 valence electrons. The Labute approximate surface area is 197 Å². The summed E-state index contributed by atoms with van der Waals surface area (Å²) in [6, 6.07) is 18.2. The van der Waals surface area contributed by atoms with E-state index in [1.807, 2.05) is 49.4 Å². The summed E-state index contributed by atoms with van der Waals surface area (Å²) >= 11 is 0. The largest absolute Gasteiger partial charge is 0.480 e. The molecule has 0 aliphatic heterocycles. The molecule has 0 radical (unpaired) electrons. The van der Waals surface area contributed by atoms with Gasteiger partial charge in [-0.2, -0.15) is 0 Å². The van der Waals surface area contributed by atoms with E-state index in [-0.39, 0.29) is 17.9 Å². The third-order valence-electron chi connectivity index (χ3n) is 6.80. The SMILES string of the molecule is CC(OC(N)Cc1ccccc1)OC1CCCCC1(C)c1ccc(CC(C)(N)C(=O)O)cc1. The van der Waals surface area contributed by atoms with E-state index in [2.05, 4.69) is 19.1 Å². The van der Waals surface area contributed by atoms with Gasteiger partial charge in [0.05, 0.1) is 6.10 Å². The molecule has 5 N–H and O–H groups in total. The molecular weight excluding hydrogens is 416 g/mol. The molecule has 5 atom stereocenters. The molecule has 0 heterocycles. The van der Waals surface area contributed by atoms with Crippen molar-refractivity contribution < 1.29 is 19.4 Å². The maximum absolute atomic E-state index is 11.4. The van der Waals surface area contributed by atoms with Crippen LogP contribution in [-0.4, -0.2) is 35.2 Å². The first-order valence-electron chi connectivity index (χ1n) is 11.8. The van der Waals surface area contributed by atoms with Crippen LogP contribution < -0.4 is 11.5 Å². The molecule has 6 nitrogen and oxygen atoms in total. The Hall–Kier alpha value is -2.25. The minimum Gasteiger partial charge on any atom is -0.480 e. The lowest BCUT2D eigenvalue weighted by atomic mass is 9.68. The van der Waals surface area contributed by atoms with Crippen LogP contribution in [0.3, 0.4) is 0 Å². The zero-order chi connectivity index (χ0) is 24.1. The molecule has 0 spiro atoms. The fraction of sp³-hybridized carbons (Fsp3) is 0.519. The summed E-state index contributed by atoms with van der Waals surface area (Å²) in [5.41, 5.74) is 13.9. The van der Waals surface area contributed by atoms with E-state index in [0.717, 1.165) is 36.8 Å². The molecule has 1 fully saturated rings. The highest BCUT2D eigenvalue weighted by Gasteiger charge is 2.40. The van der Waals surface area contributed by atoms with Crippen LogP contribution in [0.5, 0.6) is 0 Å². The van der Waals surface area contributed by atoms with Crippen molar-refractivity contribution in [2.24, 2.45) is 11.5 Å². The summed E-state index contributed by atoms with van der Waals surface area (Å²) in [7, 11) is 0. The number of hydrogen-bond donors (Lipinski definition) is 3. The Balaban J connectivity index is 1.65. The topological polar surface area (TPSA) is 108 Å². The van der Waals surface area contributed by atoms with Crippen LogP contribution in [0.1, 0.15) is 63.1 Å². The molecule has 1 saturated carbocycles. The second-order valence-electron chi connectivity index (χ2n) is 9.82. The van der Waals surface area contributed by atoms with E-state index in [0.29, 0.717) is 6.42 Å². The second-order valence-corrected chi connectivity index (χ2v) is 9.82. The van der Waals surface area contributed by atoms with Gasteiger partial charge in [-0.05, 0) is 43.4 Å². The molecule has 6 heteroatoms. The van der Waals surface area contributed by atoms with Crippen LogP contribution in [0.15, 0.2) is 54.6 Å². The van der Waals surface area contributed by atoms with Crippen LogP contribution in [0, 0.1) is 0 Å². The molecule has 1 aliphatic carbocycles. The number of carbonyl (C=O) groups is 1. The third kappa shape index (κ3) is 6.64. The van der Waals surface area contributed by atoms with Gasteiger partial charge in [0.15, 0.2) is 6.29 Å². The van der Waals surface area contributed by atoms with Crippen LogP contribution in [0.25, 0.3) is 0 Å². The van der Waals surface area contributed by atoms with E-state index in [4.69, 9.17) is 20.9 Å². The van der Waals surface area contributed by atoms with Gasteiger partial charge in [-0.3, -0.25) is 4.79 Å². The Morgan fingerprint density at radius 1 is 1.15 bits per heavy atom. The molecule has 1 aliphatic rings. The molecular formula is C27H38N2O4. The summed E-state index contributed by atoms with van der Waals surface area (Å²) in [6.45, 7) is 5.70. The zero-order valence-corrected chi connectivity index (χ0v) is 20.0. The Kier molecular flexibility index (Phi) is 8.29. The Morgan fingerprint density at radius 3 is 2.45 bits per heavy atom. The standard InChI is InChI=1S/C27H38N2O4/c1-19(33-24(28)17-20-9-5-4-6-10-20)32-23-11-7-8-16-26(23,2)22-14-12-21(13-15-22)18-27(3,29)25(30)31/h4-6,9-10,12-15,19,23-24H,7-8,11,16-18,28-29H2,1-3H3,(H,30,31). The van der Waals surface area contributed by atoms with Crippen molar-refractivity contribution in [1.29, 1.82) is 0 Å². The number of carboxylic acid groups (broad SMARTS) is 1. The number of carboxylic acids is 1. The first-order chi connectivity index (χ1) is 15.6. The van der Waals surface area contributed by atoms with Crippen molar-refractivity contribution in [1.82, 2.24) is 0 Å². The summed E-state index contributed by atoms with van der Waals surface area (Å²) in [5.74, 6) is -1.00. The number of hydrogen-bond acceptors (Lipinski definition) is 5. The highest BCUT2D eigenvalue weighted by molar-refractivity contribution is 5.78. The van der Waals surface area contributed by atoms with Crippen molar-refractivity contribution in [3.05, 3.63) is 71.3 Å². The number of benzene rings is 2. The summed E-state index contributed by atoms with van der Waals surface area (Å²) in [6.07, 6.45) is 4.30. The monoisotopic (exact) mass is 454 g/mol. The number of ether oxygens (including phenoxy) is 2. The molecule has 3 rings (SSSR count). The third-order valence-corrected chi connectivity index (χ3v) is 6.80.